The SMILES string of the molecule is O=C(c1nc(C(=O)C(F)(F)F)cs1)c1cn(P(=O)(O)O)c2ccccc12. The zero-order valence-corrected chi connectivity index (χ0v) is 14.2. The summed E-state index contributed by atoms with van der Waals surface area (Å²) in [5, 5.41) is 0.608. The minimum Gasteiger partial charge on any atom is -0.308 e. The highest BCUT2D eigenvalue weighted by Gasteiger charge is 2.41. The Balaban J connectivity index is 2.09. The van der Waals surface area contributed by atoms with Crippen molar-refractivity contribution in [3.63, 3.8) is 0 Å². The number of para-hydroxylation sites is 1. The van der Waals surface area contributed by atoms with Crippen molar-refractivity contribution in [1.82, 2.24) is 9.32 Å². The fourth-order valence-corrected chi connectivity index (χ4v) is 3.77. The molecule has 0 spiro atoms. The summed E-state index contributed by atoms with van der Waals surface area (Å²) < 4.78 is 49.5. The maximum atomic E-state index is 12.6. The Morgan fingerprint density at radius 2 is 1.85 bits per heavy atom. The summed E-state index contributed by atoms with van der Waals surface area (Å²) in [4.78, 5) is 46.0. The predicted octanol–water partition coefficient (Wildman–Crippen LogP) is 3.01. The number of hydrogen-bond donors (Lipinski definition) is 2. The summed E-state index contributed by atoms with van der Waals surface area (Å²) in [6.07, 6.45) is -4.20. The average Bonchev–Trinajstić information content (AvgIpc) is 3.17. The lowest BCUT2D eigenvalue weighted by atomic mass is 10.1. The molecule has 0 saturated carbocycles. The van der Waals surface area contributed by atoms with Crippen LogP contribution in [-0.4, -0.2) is 36.9 Å². The Labute approximate surface area is 146 Å². The van der Waals surface area contributed by atoms with E-state index in [1.165, 1.54) is 24.3 Å². The highest BCUT2D eigenvalue weighted by Crippen LogP contribution is 2.42. The van der Waals surface area contributed by atoms with Crippen LogP contribution in [0.4, 0.5) is 13.2 Å². The van der Waals surface area contributed by atoms with Gasteiger partial charge in [0.2, 0.25) is 5.78 Å². The number of carbonyl (C=O) groups excluding carboxylic acids is 2. The molecule has 2 aromatic heterocycles. The molecule has 26 heavy (non-hydrogen) atoms. The number of ketones is 2. The van der Waals surface area contributed by atoms with Crippen molar-refractivity contribution in [1.29, 1.82) is 0 Å². The number of halogens is 3. The van der Waals surface area contributed by atoms with Gasteiger partial charge < -0.3 is 9.79 Å². The van der Waals surface area contributed by atoms with Crippen molar-refractivity contribution in [3.05, 3.63) is 52.1 Å². The molecule has 0 unspecified atom stereocenters. The van der Waals surface area contributed by atoms with Gasteiger partial charge >= 0.3 is 13.9 Å². The van der Waals surface area contributed by atoms with Crippen molar-refractivity contribution in [2.75, 3.05) is 0 Å². The maximum absolute atomic E-state index is 12.6. The molecule has 0 saturated heterocycles. The fourth-order valence-electron chi connectivity index (χ4n) is 2.30. The normalized spacial score (nSPS) is 12.5. The van der Waals surface area contributed by atoms with Crippen molar-refractivity contribution < 1.29 is 37.1 Å². The first-order valence-corrected chi connectivity index (χ1v) is 9.23. The number of aromatic nitrogens is 2. The highest BCUT2D eigenvalue weighted by molar-refractivity contribution is 7.50. The van der Waals surface area contributed by atoms with Crippen LogP contribution in [0.15, 0.2) is 35.8 Å². The van der Waals surface area contributed by atoms with E-state index in [2.05, 4.69) is 4.98 Å². The van der Waals surface area contributed by atoms with Gasteiger partial charge in [0.15, 0.2) is 5.01 Å². The molecule has 3 aromatic rings. The first kappa shape index (κ1) is 18.5. The largest absolute Gasteiger partial charge is 0.456 e. The van der Waals surface area contributed by atoms with Crippen molar-refractivity contribution in [2.45, 2.75) is 6.18 Å². The third kappa shape index (κ3) is 3.21. The van der Waals surface area contributed by atoms with E-state index in [-0.39, 0.29) is 16.5 Å². The minimum absolute atomic E-state index is 0.0762. The lowest BCUT2D eigenvalue weighted by Gasteiger charge is -2.05. The Hall–Kier alpha value is -2.33. The Bertz CT molecular complexity index is 1080. The van der Waals surface area contributed by atoms with E-state index in [1.807, 2.05) is 0 Å². The molecule has 7 nitrogen and oxygen atoms in total. The van der Waals surface area contributed by atoms with Crippen LogP contribution in [0.25, 0.3) is 10.9 Å². The van der Waals surface area contributed by atoms with Crippen LogP contribution in [0, 0.1) is 0 Å². The van der Waals surface area contributed by atoms with Gasteiger partial charge in [0.05, 0.1) is 11.1 Å². The molecule has 136 valence electrons. The Morgan fingerprint density at radius 3 is 2.46 bits per heavy atom. The highest BCUT2D eigenvalue weighted by atomic mass is 32.1. The van der Waals surface area contributed by atoms with Crippen LogP contribution >= 0.6 is 19.1 Å². The van der Waals surface area contributed by atoms with E-state index in [4.69, 9.17) is 0 Å². The molecule has 0 amide bonds. The first-order chi connectivity index (χ1) is 12.0. The number of hydrogen-bond acceptors (Lipinski definition) is 5. The van der Waals surface area contributed by atoms with Crippen molar-refractivity contribution in [3.8, 4) is 0 Å². The average molecular weight is 404 g/mol. The van der Waals surface area contributed by atoms with Gasteiger partial charge in [-0.25, -0.2) is 9.55 Å². The maximum Gasteiger partial charge on any atom is 0.456 e. The zero-order valence-electron chi connectivity index (χ0n) is 12.5. The van der Waals surface area contributed by atoms with Gasteiger partial charge in [0, 0.05) is 17.0 Å². The van der Waals surface area contributed by atoms with Gasteiger partial charge in [-0.15, -0.1) is 11.3 Å². The second-order valence-corrected chi connectivity index (χ2v) is 7.43. The molecular formula is C14H8F3N2O5PS. The summed E-state index contributed by atoms with van der Waals surface area (Å²) in [7, 11) is -4.76. The number of benzene rings is 1. The Morgan fingerprint density at radius 1 is 1.19 bits per heavy atom. The number of carbonyl (C=O) groups is 2. The molecule has 1 aromatic carbocycles. The van der Waals surface area contributed by atoms with Crippen molar-refractivity contribution >= 4 is 41.6 Å². The molecule has 0 aliphatic carbocycles. The van der Waals surface area contributed by atoms with Gasteiger partial charge in [0.25, 0.3) is 5.78 Å². The number of nitrogens with zero attached hydrogens (tertiary/aromatic N) is 2. The lowest BCUT2D eigenvalue weighted by molar-refractivity contribution is -0.0887. The topological polar surface area (TPSA) is 109 Å². The predicted molar refractivity (Wildman–Crippen MR) is 85.3 cm³/mol. The van der Waals surface area contributed by atoms with Crippen LogP contribution in [0.2, 0.25) is 0 Å². The molecule has 0 fully saturated rings. The van der Waals surface area contributed by atoms with E-state index in [0.29, 0.717) is 15.7 Å². The number of alkyl halides is 3. The van der Waals surface area contributed by atoms with Crippen LogP contribution in [-0.2, 0) is 4.57 Å². The third-order valence-corrected chi connectivity index (χ3v) is 5.14. The fraction of sp³-hybridized carbons (Fsp3) is 0.0714. The summed E-state index contributed by atoms with van der Waals surface area (Å²) in [5.41, 5.74) is -0.985. The van der Waals surface area contributed by atoms with Gasteiger partial charge in [0.1, 0.15) is 5.69 Å². The van der Waals surface area contributed by atoms with E-state index in [1.54, 1.807) is 0 Å². The van der Waals surface area contributed by atoms with Crippen LogP contribution in [0.1, 0.15) is 25.9 Å². The molecule has 3 rings (SSSR count). The number of Topliss-reactive ketones (excluding diaryl/α,β-unsaturated/α-hetero) is 1. The second-order valence-electron chi connectivity index (χ2n) is 5.11. The molecular weight excluding hydrogens is 396 g/mol. The summed E-state index contributed by atoms with van der Waals surface area (Å²) >= 11 is 0.537. The molecule has 0 radical (unpaired) electrons. The summed E-state index contributed by atoms with van der Waals surface area (Å²) in [6, 6.07) is 5.85. The van der Waals surface area contributed by atoms with Crippen LogP contribution in [0.3, 0.4) is 0 Å². The van der Waals surface area contributed by atoms with Crippen molar-refractivity contribution in [2.24, 2.45) is 0 Å². The molecule has 0 aliphatic rings. The number of fused-ring (bicyclic) bond motifs is 1. The lowest BCUT2D eigenvalue weighted by Crippen LogP contribution is -2.23. The van der Waals surface area contributed by atoms with Gasteiger partial charge in [-0.3, -0.25) is 13.9 Å². The van der Waals surface area contributed by atoms with Gasteiger partial charge in [-0.2, -0.15) is 13.2 Å². The molecule has 0 bridgehead atoms. The minimum atomic E-state index is -5.12. The summed E-state index contributed by atoms with van der Waals surface area (Å²) in [5.74, 6) is -3.02. The monoisotopic (exact) mass is 404 g/mol. The standard InChI is InChI=1S/C14H8F3N2O5PS/c15-14(16,17)12(21)9-6-26-13(18-9)11(20)8-5-19(25(22,23)24)10-4-2-1-3-7(8)10/h1-6H,(H2,22,23,24). The van der Waals surface area contributed by atoms with Crippen LogP contribution < -0.4 is 0 Å². The van der Waals surface area contributed by atoms with Crippen LogP contribution in [0.5, 0.6) is 0 Å². The first-order valence-electron chi connectivity index (χ1n) is 6.78. The van der Waals surface area contributed by atoms with E-state index in [9.17, 15) is 37.1 Å². The molecule has 0 atom stereocenters. The smallest absolute Gasteiger partial charge is 0.308 e. The molecule has 0 aliphatic heterocycles. The van der Waals surface area contributed by atoms with Gasteiger partial charge in [-0.05, 0) is 6.07 Å². The molecule has 2 heterocycles. The summed E-state index contributed by atoms with van der Waals surface area (Å²) in [6.45, 7) is 0. The quantitative estimate of drug-likeness (QED) is 0.511. The Kier molecular flexibility index (Phi) is 4.35. The molecule has 12 heteroatoms. The third-order valence-electron chi connectivity index (χ3n) is 3.41. The van der Waals surface area contributed by atoms with E-state index >= 15 is 0 Å². The molecule has 2 N–H and O–H groups in total. The van der Waals surface area contributed by atoms with E-state index < -0.39 is 36.2 Å². The van der Waals surface area contributed by atoms with Gasteiger partial charge in [-0.1, -0.05) is 18.2 Å². The van der Waals surface area contributed by atoms with E-state index in [0.717, 1.165) is 11.6 Å². The second kappa shape index (κ2) is 6.13. The zero-order chi connectivity index (χ0) is 19.3. The number of thiazole rings is 1. The number of rotatable bonds is 4.